The van der Waals surface area contributed by atoms with E-state index in [1.54, 1.807) is 0 Å². The highest BCUT2D eigenvalue weighted by atomic mass is 127. The second kappa shape index (κ2) is 6.94. The summed E-state index contributed by atoms with van der Waals surface area (Å²) in [5.41, 5.74) is 7.10. The molecule has 1 aromatic carbocycles. The molecule has 0 unspecified atom stereocenters. The van der Waals surface area contributed by atoms with Crippen LogP contribution in [0.4, 0.5) is 17.2 Å². The first-order chi connectivity index (χ1) is 9.61. The molecule has 106 valence electrons. The largest absolute Gasteiger partial charge is 0.476 e. The fourth-order valence-electron chi connectivity index (χ4n) is 1.51. The van der Waals surface area contributed by atoms with Crippen LogP contribution in [0.5, 0.6) is 5.88 Å². The molecule has 1 heterocycles. The quantitative estimate of drug-likeness (QED) is 0.741. The molecule has 0 aliphatic heterocycles. The van der Waals surface area contributed by atoms with E-state index in [4.69, 9.17) is 22.1 Å². The number of halogens is 2. The minimum absolute atomic E-state index is 0.371. The van der Waals surface area contributed by atoms with Crippen LogP contribution < -0.4 is 15.8 Å². The molecule has 2 rings (SSSR count). The van der Waals surface area contributed by atoms with E-state index in [-0.39, 0.29) is 0 Å². The Kier molecular flexibility index (Phi) is 5.24. The number of benzene rings is 1. The van der Waals surface area contributed by atoms with Crippen molar-refractivity contribution in [1.82, 2.24) is 9.97 Å². The third-order valence-corrected chi connectivity index (χ3v) is 3.46. The number of nitrogens with zero attached hydrogens (tertiary/aromatic N) is 2. The van der Waals surface area contributed by atoms with Gasteiger partial charge in [-0.2, -0.15) is 4.98 Å². The van der Waals surface area contributed by atoms with Gasteiger partial charge in [-0.15, -0.1) is 0 Å². The predicted molar refractivity (Wildman–Crippen MR) is 89.7 cm³/mol. The number of rotatable bonds is 5. The molecule has 0 saturated heterocycles. The summed E-state index contributed by atoms with van der Waals surface area (Å²) in [5.74, 6) is 0.861. The molecular formula is C13H14ClIN4O. The molecular weight excluding hydrogens is 391 g/mol. The maximum absolute atomic E-state index is 6.17. The minimum Gasteiger partial charge on any atom is -0.476 e. The Bertz CT molecular complexity index is 609. The van der Waals surface area contributed by atoms with Crippen molar-refractivity contribution < 1.29 is 4.74 Å². The molecule has 0 spiro atoms. The van der Waals surface area contributed by atoms with Gasteiger partial charge in [0.1, 0.15) is 12.0 Å². The van der Waals surface area contributed by atoms with E-state index < -0.39 is 0 Å². The third kappa shape index (κ3) is 3.63. The minimum atomic E-state index is 0.371. The van der Waals surface area contributed by atoms with E-state index >= 15 is 0 Å². The molecule has 1 aromatic heterocycles. The molecule has 0 amide bonds. The van der Waals surface area contributed by atoms with Gasteiger partial charge in [0.2, 0.25) is 5.88 Å². The number of nitrogens with one attached hydrogen (secondary N) is 1. The van der Waals surface area contributed by atoms with Crippen molar-refractivity contribution in [3.05, 3.63) is 33.1 Å². The van der Waals surface area contributed by atoms with E-state index in [2.05, 4.69) is 37.9 Å². The third-order valence-electron chi connectivity index (χ3n) is 2.47. The predicted octanol–water partition coefficient (Wildman–Crippen LogP) is 3.85. The number of ether oxygens (including phenoxy) is 1. The molecule has 0 radical (unpaired) electrons. The smallest absolute Gasteiger partial charge is 0.242 e. The number of hydrogen-bond acceptors (Lipinski definition) is 5. The monoisotopic (exact) mass is 404 g/mol. The Morgan fingerprint density at radius 3 is 2.90 bits per heavy atom. The van der Waals surface area contributed by atoms with Gasteiger partial charge in [-0.05, 0) is 47.2 Å². The summed E-state index contributed by atoms with van der Waals surface area (Å²) in [5, 5.41) is 3.70. The lowest BCUT2D eigenvalue weighted by Crippen LogP contribution is -2.06. The van der Waals surface area contributed by atoms with Crippen LogP contribution in [0.2, 0.25) is 5.02 Å². The van der Waals surface area contributed by atoms with Crippen molar-refractivity contribution in [3.63, 3.8) is 0 Å². The van der Waals surface area contributed by atoms with Crippen molar-refractivity contribution in [2.75, 3.05) is 17.7 Å². The Labute approximate surface area is 136 Å². The first-order valence-electron chi connectivity index (χ1n) is 6.07. The summed E-state index contributed by atoms with van der Waals surface area (Å²) in [6.45, 7) is 2.58. The van der Waals surface area contributed by atoms with Gasteiger partial charge >= 0.3 is 0 Å². The average Bonchev–Trinajstić information content (AvgIpc) is 2.42. The number of hydrogen-bond donors (Lipinski definition) is 2. The second-order valence-corrected chi connectivity index (χ2v) is 5.69. The Hall–Kier alpha value is -1.28. The van der Waals surface area contributed by atoms with Gasteiger partial charge in [-0.3, -0.25) is 0 Å². The van der Waals surface area contributed by atoms with E-state index in [1.165, 1.54) is 6.33 Å². The van der Waals surface area contributed by atoms with E-state index in [0.29, 0.717) is 29.0 Å². The maximum atomic E-state index is 6.17. The zero-order valence-electron chi connectivity index (χ0n) is 10.9. The zero-order valence-corrected chi connectivity index (χ0v) is 13.8. The van der Waals surface area contributed by atoms with Crippen LogP contribution in [0, 0.1) is 3.57 Å². The highest BCUT2D eigenvalue weighted by Crippen LogP contribution is 2.31. The highest BCUT2D eigenvalue weighted by molar-refractivity contribution is 14.1. The van der Waals surface area contributed by atoms with E-state index in [1.807, 2.05) is 25.1 Å². The molecule has 0 aliphatic rings. The normalized spacial score (nSPS) is 10.3. The van der Waals surface area contributed by atoms with Crippen LogP contribution in [0.3, 0.4) is 0 Å². The fourth-order valence-corrected chi connectivity index (χ4v) is 2.41. The molecule has 0 saturated carbocycles. The first kappa shape index (κ1) is 15.1. The van der Waals surface area contributed by atoms with Crippen LogP contribution in [-0.4, -0.2) is 16.6 Å². The summed E-state index contributed by atoms with van der Waals surface area (Å²) in [6.07, 6.45) is 2.29. The van der Waals surface area contributed by atoms with Gasteiger partial charge in [0.05, 0.1) is 17.3 Å². The van der Waals surface area contributed by atoms with Crippen LogP contribution in [0.15, 0.2) is 24.5 Å². The molecule has 0 fully saturated rings. The summed E-state index contributed by atoms with van der Waals surface area (Å²) in [4.78, 5) is 8.14. The van der Waals surface area contributed by atoms with E-state index in [9.17, 15) is 0 Å². The molecule has 3 N–H and O–H groups in total. The fraction of sp³-hybridized carbons (Fsp3) is 0.231. The number of nitrogen functional groups attached to an aromatic ring is 1. The summed E-state index contributed by atoms with van der Waals surface area (Å²) < 4.78 is 6.52. The molecule has 7 heteroatoms. The summed E-state index contributed by atoms with van der Waals surface area (Å²) in [7, 11) is 0. The average molecular weight is 405 g/mol. The lowest BCUT2D eigenvalue weighted by Gasteiger charge is -2.12. The highest BCUT2D eigenvalue weighted by Gasteiger charge is 2.10. The van der Waals surface area contributed by atoms with Gasteiger partial charge in [0, 0.05) is 3.57 Å². The molecule has 2 aromatic rings. The number of nitrogens with two attached hydrogens (primary N) is 1. The van der Waals surface area contributed by atoms with Gasteiger partial charge < -0.3 is 15.8 Å². The SMILES string of the molecule is CCCOc1ncnc(Nc2ccc(I)cc2Cl)c1N. The van der Waals surface area contributed by atoms with Gasteiger partial charge in [-0.25, -0.2) is 4.98 Å². The lowest BCUT2D eigenvalue weighted by molar-refractivity contribution is 0.307. The molecule has 20 heavy (non-hydrogen) atoms. The van der Waals surface area contributed by atoms with Gasteiger partial charge in [0.25, 0.3) is 0 Å². The molecule has 0 atom stereocenters. The molecule has 0 aliphatic carbocycles. The topological polar surface area (TPSA) is 73.1 Å². The van der Waals surface area contributed by atoms with Crippen molar-refractivity contribution in [1.29, 1.82) is 0 Å². The maximum Gasteiger partial charge on any atom is 0.242 e. The van der Waals surface area contributed by atoms with Crippen molar-refractivity contribution >= 4 is 51.4 Å². The number of aromatic nitrogens is 2. The lowest BCUT2D eigenvalue weighted by atomic mass is 10.3. The second-order valence-electron chi connectivity index (χ2n) is 4.04. The van der Waals surface area contributed by atoms with E-state index in [0.717, 1.165) is 15.7 Å². The Morgan fingerprint density at radius 2 is 2.20 bits per heavy atom. The summed E-state index contributed by atoms with van der Waals surface area (Å²) >= 11 is 8.37. The van der Waals surface area contributed by atoms with Crippen molar-refractivity contribution in [2.45, 2.75) is 13.3 Å². The van der Waals surface area contributed by atoms with Gasteiger partial charge in [0.15, 0.2) is 5.82 Å². The molecule has 0 bridgehead atoms. The Balaban J connectivity index is 2.24. The van der Waals surface area contributed by atoms with Crippen molar-refractivity contribution in [2.24, 2.45) is 0 Å². The van der Waals surface area contributed by atoms with Crippen LogP contribution in [-0.2, 0) is 0 Å². The number of anilines is 3. The van der Waals surface area contributed by atoms with Crippen LogP contribution in [0.25, 0.3) is 0 Å². The zero-order chi connectivity index (χ0) is 14.5. The van der Waals surface area contributed by atoms with Crippen molar-refractivity contribution in [3.8, 4) is 5.88 Å². The summed E-state index contributed by atoms with van der Waals surface area (Å²) in [6, 6.07) is 5.68. The Morgan fingerprint density at radius 1 is 1.40 bits per heavy atom. The van der Waals surface area contributed by atoms with Crippen LogP contribution in [0.1, 0.15) is 13.3 Å². The van der Waals surface area contributed by atoms with Gasteiger partial charge in [-0.1, -0.05) is 18.5 Å². The van der Waals surface area contributed by atoms with Crippen LogP contribution >= 0.6 is 34.2 Å². The molecule has 5 nitrogen and oxygen atoms in total. The standard InChI is InChI=1S/C13H14ClIN4O/c1-2-5-20-13-11(16)12(17-7-18-13)19-10-4-3-8(15)6-9(10)14/h3-4,6-7H,2,5,16H2,1H3,(H,17,18,19). The first-order valence-corrected chi connectivity index (χ1v) is 7.52.